The Hall–Kier alpha value is -1.10. The van der Waals surface area contributed by atoms with E-state index in [0.717, 1.165) is 18.5 Å². The molecule has 0 aliphatic rings. The Morgan fingerprint density at radius 2 is 2.06 bits per heavy atom. The number of hydrogen-bond donors (Lipinski definition) is 3. The van der Waals surface area contributed by atoms with E-state index in [-0.39, 0.29) is 12.5 Å². The zero-order valence-electron chi connectivity index (χ0n) is 10.4. The van der Waals surface area contributed by atoms with Crippen molar-refractivity contribution < 1.29 is 9.90 Å². The second-order valence-corrected chi connectivity index (χ2v) is 4.51. The molecule has 1 aromatic rings. The van der Waals surface area contributed by atoms with Gasteiger partial charge in [0.1, 0.15) is 0 Å². The minimum atomic E-state index is -0.699. The van der Waals surface area contributed by atoms with Crippen LogP contribution < -0.4 is 10.6 Å². The van der Waals surface area contributed by atoms with Crippen molar-refractivity contribution in [1.29, 1.82) is 0 Å². The molecule has 0 aromatic heterocycles. The van der Waals surface area contributed by atoms with Gasteiger partial charge in [-0.25, -0.2) is 0 Å². The van der Waals surface area contributed by atoms with E-state index in [1.807, 2.05) is 7.05 Å². The van der Waals surface area contributed by atoms with Crippen LogP contribution in [-0.4, -0.2) is 31.2 Å². The molecule has 1 atom stereocenters. The van der Waals surface area contributed by atoms with Crippen LogP contribution in [0.2, 0.25) is 5.02 Å². The van der Waals surface area contributed by atoms with Crippen LogP contribution in [-0.2, 0) is 4.79 Å². The van der Waals surface area contributed by atoms with E-state index < -0.39 is 6.10 Å². The number of rotatable bonds is 7. The normalized spacial score (nSPS) is 12.2. The molecule has 5 heteroatoms. The number of aliphatic hydroxyl groups excluding tert-OH is 1. The lowest BCUT2D eigenvalue weighted by molar-refractivity contribution is -0.121. The van der Waals surface area contributed by atoms with E-state index in [1.54, 1.807) is 24.3 Å². The van der Waals surface area contributed by atoms with Crippen molar-refractivity contribution in [2.75, 3.05) is 20.1 Å². The third-order valence-corrected chi connectivity index (χ3v) is 2.83. The quantitative estimate of drug-likeness (QED) is 0.658. The highest BCUT2D eigenvalue weighted by molar-refractivity contribution is 6.30. The average molecular weight is 271 g/mol. The molecule has 100 valence electrons. The lowest BCUT2D eigenvalue weighted by Gasteiger charge is -2.12. The Kier molecular flexibility index (Phi) is 6.72. The fourth-order valence-electron chi connectivity index (χ4n) is 1.53. The first-order chi connectivity index (χ1) is 8.63. The minimum absolute atomic E-state index is 0.0433. The average Bonchev–Trinajstić information content (AvgIpc) is 2.37. The number of halogens is 1. The first-order valence-electron chi connectivity index (χ1n) is 5.98. The fourth-order valence-corrected chi connectivity index (χ4v) is 1.65. The van der Waals surface area contributed by atoms with E-state index in [4.69, 9.17) is 11.6 Å². The molecule has 0 aliphatic heterocycles. The summed E-state index contributed by atoms with van der Waals surface area (Å²) in [4.78, 5) is 11.4. The van der Waals surface area contributed by atoms with E-state index in [9.17, 15) is 9.90 Å². The summed E-state index contributed by atoms with van der Waals surface area (Å²) in [7, 11) is 1.85. The van der Waals surface area contributed by atoms with Crippen molar-refractivity contribution in [3.8, 4) is 0 Å². The molecule has 0 bridgehead atoms. The van der Waals surface area contributed by atoms with Crippen molar-refractivity contribution in [1.82, 2.24) is 10.6 Å². The summed E-state index contributed by atoms with van der Waals surface area (Å²) in [5, 5.41) is 16.2. The Balaban J connectivity index is 2.30. The Bertz CT molecular complexity index is 368. The molecule has 0 fully saturated rings. The highest BCUT2D eigenvalue weighted by atomic mass is 35.5. The van der Waals surface area contributed by atoms with Crippen LogP contribution in [0, 0.1) is 0 Å². The van der Waals surface area contributed by atoms with Gasteiger partial charge in [0.05, 0.1) is 6.10 Å². The molecule has 0 aliphatic carbocycles. The predicted octanol–water partition coefficient (Wildman–Crippen LogP) is 1.49. The first-order valence-corrected chi connectivity index (χ1v) is 6.36. The van der Waals surface area contributed by atoms with E-state index >= 15 is 0 Å². The van der Waals surface area contributed by atoms with E-state index in [0.29, 0.717) is 11.4 Å². The number of hydrogen-bond acceptors (Lipinski definition) is 3. The van der Waals surface area contributed by atoms with Crippen LogP contribution >= 0.6 is 11.6 Å². The summed E-state index contributed by atoms with van der Waals surface area (Å²) in [5.41, 5.74) is 0.745. The molecule has 1 aromatic carbocycles. The summed E-state index contributed by atoms with van der Waals surface area (Å²) >= 11 is 5.76. The van der Waals surface area contributed by atoms with Gasteiger partial charge >= 0.3 is 0 Å². The molecule has 1 rings (SSSR count). The van der Waals surface area contributed by atoms with Gasteiger partial charge in [0.2, 0.25) is 5.91 Å². The molecular weight excluding hydrogens is 252 g/mol. The van der Waals surface area contributed by atoms with Crippen molar-refractivity contribution >= 4 is 17.5 Å². The topological polar surface area (TPSA) is 61.4 Å². The van der Waals surface area contributed by atoms with Gasteiger partial charge in [-0.15, -0.1) is 0 Å². The van der Waals surface area contributed by atoms with Gasteiger partial charge in [-0.2, -0.15) is 0 Å². The van der Waals surface area contributed by atoms with E-state index in [2.05, 4.69) is 10.6 Å². The van der Waals surface area contributed by atoms with Crippen molar-refractivity contribution in [2.24, 2.45) is 0 Å². The van der Waals surface area contributed by atoms with Crippen LogP contribution in [0.25, 0.3) is 0 Å². The largest absolute Gasteiger partial charge is 0.387 e. The van der Waals surface area contributed by atoms with Gasteiger partial charge in [0, 0.05) is 18.0 Å². The zero-order chi connectivity index (χ0) is 13.4. The van der Waals surface area contributed by atoms with Gasteiger partial charge in [-0.3, -0.25) is 4.79 Å². The molecule has 0 saturated carbocycles. The van der Waals surface area contributed by atoms with Crippen LogP contribution in [0.3, 0.4) is 0 Å². The predicted molar refractivity (Wildman–Crippen MR) is 72.6 cm³/mol. The molecule has 3 N–H and O–H groups in total. The SMILES string of the molecule is CNCCCC(=O)NCC(O)c1ccc(Cl)cc1. The maximum absolute atomic E-state index is 11.4. The lowest BCUT2D eigenvalue weighted by atomic mass is 10.1. The summed E-state index contributed by atoms with van der Waals surface area (Å²) in [5.74, 6) is -0.0433. The number of aliphatic hydroxyl groups is 1. The number of carbonyl (C=O) groups excluding carboxylic acids is 1. The maximum atomic E-state index is 11.4. The first kappa shape index (κ1) is 15.0. The van der Waals surface area contributed by atoms with Gasteiger partial charge in [-0.05, 0) is 37.7 Å². The van der Waals surface area contributed by atoms with Crippen LogP contribution in [0.15, 0.2) is 24.3 Å². The summed E-state index contributed by atoms with van der Waals surface area (Å²) < 4.78 is 0. The number of nitrogens with one attached hydrogen (secondary N) is 2. The molecule has 0 spiro atoms. The molecule has 0 saturated heterocycles. The fraction of sp³-hybridized carbons (Fsp3) is 0.462. The van der Waals surface area contributed by atoms with Crippen LogP contribution in [0.1, 0.15) is 24.5 Å². The number of amides is 1. The lowest BCUT2D eigenvalue weighted by Crippen LogP contribution is -2.28. The summed E-state index contributed by atoms with van der Waals surface area (Å²) in [6.45, 7) is 1.03. The van der Waals surface area contributed by atoms with Crippen molar-refractivity contribution in [3.05, 3.63) is 34.9 Å². The van der Waals surface area contributed by atoms with Gasteiger partial charge < -0.3 is 15.7 Å². The maximum Gasteiger partial charge on any atom is 0.220 e. The highest BCUT2D eigenvalue weighted by Gasteiger charge is 2.09. The highest BCUT2D eigenvalue weighted by Crippen LogP contribution is 2.15. The Labute approximate surface area is 112 Å². The molecule has 4 nitrogen and oxygen atoms in total. The van der Waals surface area contributed by atoms with Crippen molar-refractivity contribution in [3.63, 3.8) is 0 Å². The van der Waals surface area contributed by atoms with Crippen LogP contribution in [0.5, 0.6) is 0 Å². The number of benzene rings is 1. The third-order valence-electron chi connectivity index (χ3n) is 2.58. The molecule has 1 unspecified atom stereocenters. The standard InChI is InChI=1S/C13H19ClN2O2/c1-15-8-2-3-13(18)16-9-12(17)10-4-6-11(14)7-5-10/h4-7,12,15,17H,2-3,8-9H2,1H3,(H,16,18). The van der Waals surface area contributed by atoms with Crippen LogP contribution in [0.4, 0.5) is 0 Å². The monoisotopic (exact) mass is 270 g/mol. The van der Waals surface area contributed by atoms with Gasteiger partial charge in [-0.1, -0.05) is 23.7 Å². The van der Waals surface area contributed by atoms with Gasteiger partial charge in [0.25, 0.3) is 0 Å². The molecular formula is C13H19ClN2O2. The minimum Gasteiger partial charge on any atom is -0.387 e. The summed E-state index contributed by atoms with van der Waals surface area (Å²) in [6.07, 6.45) is 0.559. The molecule has 18 heavy (non-hydrogen) atoms. The zero-order valence-corrected chi connectivity index (χ0v) is 11.2. The number of carbonyl (C=O) groups is 1. The molecule has 0 radical (unpaired) electrons. The second kappa shape index (κ2) is 8.08. The Morgan fingerprint density at radius 1 is 1.39 bits per heavy atom. The summed E-state index contributed by atoms with van der Waals surface area (Å²) in [6, 6.07) is 6.93. The Morgan fingerprint density at radius 3 is 2.67 bits per heavy atom. The smallest absolute Gasteiger partial charge is 0.220 e. The molecule has 0 heterocycles. The van der Waals surface area contributed by atoms with E-state index in [1.165, 1.54) is 0 Å². The molecule has 1 amide bonds. The van der Waals surface area contributed by atoms with Crippen molar-refractivity contribution in [2.45, 2.75) is 18.9 Å². The third kappa shape index (κ3) is 5.49. The second-order valence-electron chi connectivity index (χ2n) is 4.08. The van der Waals surface area contributed by atoms with Gasteiger partial charge in [0.15, 0.2) is 0 Å².